The first-order valence-corrected chi connectivity index (χ1v) is 5.78. The number of aromatic nitrogens is 3. The molecule has 1 aliphatic heterocycles. The molecule has 0 bridgehead atoms. The number of aliphatic hydroxyl groups is 1. The van der Waals surface area contributed by atoms with Gasteiger partial charge in [0.1, 0.15) is 25.4 Å². The van der Waals surface area contributed by atoms with Crippen molar-refractivity contribution in [3.63, 3.8) is 0 Å². The summed E-state index contributed by atoms with van der Waals surface area (Å²) in [6, 6.07) is 5.61. The molecule has 0 unspecified atom stereocenters. The van der Waals surface area contributed by atoms with Gasteiger partial charge in [-0.25, -0.2) is 9.67 Å². The minimum atomic E-state index is 0.0449. The molecule has 0 saturated carbocycles. The van der Waals surface area contributed by atoms with E-state index < -0.39 is 0 Å². The standard InChI is InChI=1S/C12H13N3O3/c16-4-3-12-13-8-14-15(12)9-1-2-10-11(7-9)18-6-5-17-10/h1-2,7-8,16H,3-6H2. The number of ether oxygens (including phenoxy) is 2. The van der Waals surface area contributed by atoms with Gasteiger partial charge in [0.05, 0.1) is 12.3 Å². The van der Waals surface area contributed by atoms with Gasteiger partial charge in [0.15, 0.2) is 11.5 Å². The highest BCUT2D eigenvalue weighted by atomic mass is 16.6. The third-order valence-electron chi connectivity index (χ3n) is 2.72. The van der Waals surface area contributed by atoms with Gasteiger partial charge in [-0.2, -0.15) is 5.10 Å². The Bertz CT molecular complexity index is 553. The lowest BCUT2D eigenvalue weighted by Crippen LogP contribution is -2.15. The zero-order chi connectivity index (χ0) is 12.4. The zero-order valence-corrected chi connectivity index (χ0v) is 9.74. The van der Waals surface area contributed by atoms with Crippen LogP contribution in [0, 0.1) is 0 Å². The normalized spacial score (nSPS) is 13.6. The fourth-order valence-corrected chi connectivity index (χ4v) is 1.92. The van der Waals surface area contributed by atoms with Crippen molar-refractivity contribution in [3.8, 4) is 17.2 Å². The van der Waals surface area contributed by atoms with E-state index in [0.717, 1.165) is 11.4 Å². The molecule has 0 amide bonds. The Morgan fingerprint density at radius 2 is 2.06 bits per heavy atom. The first-order valence-electron chi connectivity index (χ1n) is 5.78. The zero-order valence-electron chi connectivity index (χ0n) is 9.74. The SMILES string of the molecule is OCCc1ncnn1-c1ccc2c(c1)OCCO2. The number of rotatable bonds is 3. The van der Waals surface area contributed by atoms with Crippen LogP contribution in [0.2, 0.25) is 0 Å². The van der Waals surface area contributed by atoms with E-state index in [1.54, 1.807) is 4.68 Å². The maximum atomic E-state index is 8.98. The van der Waals surface area contributed by atoms with Crippen LogP contribution in [0.25, 0.3) is 5.69 Å². The summed E-state index contributed by atoms with van der Waals surface area (Å²) in [5, 5.41) is 13.1. The van der Waals surface area contributed by atoms with Crippen molar-refractivity contribution in [2.24, 2.45) is 0 Å². The van der Waals surface area contributed by atoms with Crippen molar-refractivity contribution in [2.75, 3.05) is 19.8 Å². The molecule has 6 nitrogen and oxygen atoms in total. The molecule has 94 valence electrons. The van der Waals surface area contributed by atoms with Crippen molar-refractivity contribution in [1.29, 1.82) is 0 Å². The summed E-state index contributed by atoms with van der Waals surface area (Å²) in [5.74, 6) is 2.17. The Balaban J connectivity index is 1.98. The van der Waals surface area contributed by atoms with Gasteiger partial charge in [0.2, 0.25) is 0 Å². The van der Waals surface area contributed by atoms with Gasteiger partial charge in [0.25, 0.3) is 0 Å². The van der Waals surface area contributed by atoms with Crippen molar-refractivity contribution in [2.45, 2.75) is 6.42 Å². The van der Waals surface area contributed by atoms with E-state index in [1.807, 2.05) is 18.2 Å². The Morgan fingerprint density at radius 3 is 2.89 bits per heavy atom. The molecule has 0 radical (unpaired) electrons. The van der Waals surface area contributed by atoms with Gasteiger partial charge >= 0.3 is 0 Å². The Kier molecular flexibility index (Phi) is 2.85. The molecular weight excluding hydrogens is 234 g/mol. The van der Waals surface area contributed by atoms with Crippen LogP contribution < -0.4 is 9.47 Å². The molecule has 0 fully saturated rings. The van der Waals surface area contributed by atoms with Crippen LogP contribution in [0.4, 0.5) is 0 Å². The molecule has 3 rings (SSSR count). The first kappa shape index (κ1) is 11.0. The molecule has 0 aliphatic carbocycles. The van der Waals surface area contributed by atoms with Gasteiger partial charge in [-0.3, -0.25) is 0 Å². The monoisotopic (exact) mass is 247 g/mol. The van der Waals surface area contributed by atoms with E-state index in [-0.39, 0.29) is 6.61 Å². The summed E-state index contributed by atoms with van der Waals surface area (Å²) in [5.41, 5.74) is 0.847. The maximum Gasteiger partial charge on any atom is 0.163 e. The lowest BCUT2D eigenvalue weighted by molar-refractivity contribution is 0.171. The number of aliphatic hydroxyl groups excluding tert-OH is 1. The summed E-state index contributed by atoms with van der Waals surface area (Å²) in [7, 11) is 0. The minimum absolute atomic E-state index is 0.0449. The second-order valence-electron chi connectivity index (χ2n) is 3.89. The largest absolute Gasteiger partial charge is 0.486 e. The predicted molar refractivity (Wildman–Crippen MR) is 63.1 cm³/mol. The number of benzene rings is 1. The van der Waals surface area contributed by atoms with E-state index >= 15 is 0 Å². The Labute approximate surface area is 104 Å². The molecule has 0 saturated heterocycles. The molecule has 18 heavy (non-hydrogen) atoms. The first-order chi connectivity index (χ1) is 8.88. The van der Waals surface area contributed by atoms with Crippen LogP contribution in [0.15, 0.2) is 24.5 Å². The van der Waals surface area contributed by atoms with E-state index in [4.69, 9.17) is 14.6 Å². The van der Waals surface area contributed by atoms with Gasteiger partial charge in [-0.15, -0.1) is 0 Å². The van der Waals surface area contributed by atoms with Crippen molar-refractivity contribution in [1.82, 2.24) is 14.8 Å². The van der Waals surface area contributed by atoms with E-state index in [1.165, 1.54) is 6.33 Å². The molecule has 1 N–H and O–H groups in total. The highest BCUT2D eigenvalue weighted by Crippen LogP contribution is 2.31. The molecule has 1 aromatic carbocycles. The molecule has 1 aliphatic rings. The van der Waals surface area contributed by atoms with Crippen molar-refractivity contribution >= 4 is 0 Å². The van der Waals surface area contributed by atoms with Gasteiger partial charge in [-0.05, 0) is 12.1 Å². The number of hydrogen-bond donors (Lipinski definition) is 1. The van der Waals surface area contributed by atoms with Gasteiger partial charge in [-0.1, -0.05) is 0 Å². The molecule has 1 aromatic heterocycles. The highest BCUT2D eigenvalue weighted by Gasteiger charge is 2.14. The molecule has 0 atom stereocenters. The Morgan fingerprint density at radius 1 is 1.22 bits per heavy atom. The van der Waals surface area contributed by atoms with E-state index in [2.05, 4.69) is 10.1 Å². The average molecular weight is 247 g/mol. The van der Waals surface area contributed by atoms with Gasteiger partial charge < -0.3 is 14.6 Å². The number of hydrogen-bond acceptors (Lipinski definition) is 5. The minimum Gasteiger partial charge on any atom is -0.486 e. The third kappa shape index (κ3) is 1.91. The van der Waals surface area contributed by atoms with Crippen molar-refractivity contribution < 1.29 is 14.6 Å². The lowest BCUT2D eigenvalue weighted by atomic mass is 10.2. The van der Waals surface area contributed by atoms with Crippen LogP contribution in [-0.2, 0) is 6.42 Å². The summed E-state index contributed by atoms with van der Waals surface area (Å²) < 4.78 is 12.7. The van der Waals surface area contributed by atoms with Crippen LogP contribution in [-0.4, -0.2) is 39.7 Å². The van der Waals surface area contributed by atoms with Gasteiger partial charge in [0, 0.05) is 12.5 Å². The van der Waals surface area contributed by atoms with Crippen LogP contribution in [0.3, 0.4) is 0 Å². The summed E-state index contributed by atoms with van der Waals surface area (Å²) in [6.07, 6.45) is 1.94. The Hall–Kier alpha value is -2.08. The smallest absolute Gasteiger partial charge is 0.163 e. The van der Waals surface area contributed by atoms with Crippen LogP contribution in [0.5, 0.6) is 11.5 Å². The predicted octanol–water partition coefficient (Wildman–Crippen LogP) is 0.573. The fourth-order valence-electron chi connectivity index (χ4n) is 1.92. The third-order valence-corrected chi connectivity index (χ3v) is 2.72. The number of nitrogens with zero attached hydrogens (tertiary/aromatic N) is 3. The van der Waals surface area contributed by atoms with Crippen LogP contribution in [0.1, 0.15) is 5.82 Å². The highest BCUT2D eigenvalue weighted by molar-refractivity contribution is 5.49. The summed E-state index contributed by atoms with van der Waals surface area (Å²) >= 11 is 0. The molecule has 0 spiro atoms. The van der Waals surface area contributed by atoms with E-state index in [9.17, 15) is 0 Å². The molecule has 2 heterocycles. The quantitative estimate of drug-likeness (QED) is 0.858. The molecular formula is C12H13N3O3. The average Bonchev–Trinajstić information content (AvgIpc) is 2.87. The fraction of sp³-hybridized carbons (Fsp3) is 0.333. The topological polar surface area (TPSA) is 69.4 Å². The van der Waals surface area contributed by atoms with Crippen LogP contribution >= 0.6 is 0 Å². The summed E-state index contributed by atoms with van der Waals surface area (Å²) in [6.45, 7) is 1.17. The second kappa shape index (κ2) is 4.66. The van der Waals surface area contributed by atoms with E-state index in [0.29, 0.717) is 31.2 Å². The summed E-state index contributed by atoms with van der Waals surface area (Å²) in [4.78, 5) is 4.11. The second-order valence-corrected chi connectivity index (χ2v) is 3.89. The molecule has 6 heteroatoms. The lowest BCUT2D eigenvalue weighted by Gasteiger charge is -2.19. The number of fused-ring (bicyclic) bond motifs is 1. The van der Waals surface area contributed by atoms with Crippen molar-refractivity contribution in [3.05, 3.63) is 30.4 Å². The maximum absolute atomic E-state index is 8.98. The molecule has 2 aromatic rings.